The van der Waals surface area contributed by atoms with Crippen LogP contribution in [0.2, 0.25) is 0 Å². The molecule has 0 saturated carbocycles. The van der Waals surface area contributed by atoms with E-state index in [9.17, 15) is 67.4 Å². The molecule has 0 bridgehead atoms. The number of hydrogen-bond acceptors (Lipinski definition) is 25. The molecule has 10 aliphatic rings. The van der Waals surface area contributed by atoms with Gasteiger partial charge < -0.3 is 79.6 Å². The third-order valence-electron chi connectivity index (χ3n) is 27.7. The third kappa shape index (κ3) is 21.5. The average molecular weight is 2010 g/mol. The number of nitrogens with two attached hydrogens (primary N) is 1. The maximum atomic E-state index is 13.2. The molecule has 21 rings (SSSR count). The summed E-state index contributed by atoms with van der Waals surface area (Å²) >= 11 is 0. The molecule has 6 saturated heterocycles. The fourth-order valence-corrected chi connectivity index (χ4v) is 19.9. The summed E-state index contributed by atoms with van der Waals surface area (Å²) in [5.74, 6) is 23.1. The zero-order valence-corrected chi connectivity index (χ0v) is 82.0. The van der Waals surface area contributed by atoms with Crippen LogP contribution in [-0.2, 0) is 71.0 Å². The molecule has 756 valence electrons. The highest BCUT2D eigenvalue weighted by atomic mass is 16.5. The van der Waals surface area contributed by atoms with Crippen LogP contribution in [0.15, 0.2) is 213 Å². The van der Waals surface area contributed by atoms with Gasteiger partial charge in [-0.2, -0.15) is 0 Å². The van der Waals surface area contributed by atoms with E-state index in [1.165, 1.54) is 36.0 Å². The molecule has 6 aromatic carbocycles. The van der Waals surface area contributed by atoms with Gasteiger partial charge >= 0.3 is 6.03 Å². The molecule has 10 aliphatic heterocycles. The second-order valence-corrected chi connectivity index (χ2v) is 37.3. The van der Waals surface area contributed by atoms with Crippen molar-refractivity contribution in [2.24, 2.45) is 22.0 Å². The van der Waals surface area contributed by atoms with Crippen LogP contribution in [0.1, 0.15) is 159 Å². The zero-order valence-electron chi connectivity index (χ0n) is 82.0. The van der Waals surface area contributed by atoms with E-state index in [0.29, 0.717) is 107 Å². The van der Waals surface area contributed by atoms with Crippen LogP contribution < -0.4 is 71.1 Å². The van der Waals surface area contributed by atoms with Crippen LogP contribution in [0.3, 0.4) is 0 Å². The number of anilines is 3. The van der Waals surface area contributed by atoms with Gasteiger partial charge in [-0.15, -0.1) is 0 Å². The van der Waals surface area contributed by atoms with Gasteiger partial charge in [-0.05, 0) is 218 Å². The number of H-pyrrole nitrogens is 2. The number of carbonyl (C=O) groups is 13. The van der Waals surface area contributed by atoms with Gasteiger partial charge in [-0.3, -0.25) is 88.7 Å². The van der Waals surface area contributed by atoms with E-state index in [-0.39, 0.29) is 112 Å². The molecule has 14 amide bonds. The van der Waals surface area contributed by atoms with Gasteiger partial charge in [-0.1, -0.05) is 90.0 Å². The van der Waals surface area contributed by atoms with Crippen LogP contribution >= 0.6 is 0 Å². The second kappa shape index (κ2) is 43.5. The van der Waals surface area contributed by atoms with E-state index in [2.05, 4.69) is 104 Å². The number of methoxy groups -OCH3 is 5. The highest BCUT2D eigenvalue weighted by molar-refractivity contribution is 6.12. The van der Waals surface area contributed by atoms with Gasteiger partial charge in [0, 0.05) is 133 Å². The normalized spacial score (nSPS) is 20.1. The lowest BCUT2D eigenvalue weighted by molar-refractivity contribution is -0.128. The second-order valence-electron chi connectivity index (χ2n) is 37.3. The third-order valence-corrected chi connectivity index (χ3v) is 27.7. The maximum absolute atomic E-state index is 13.2. The van der Waals surface area contributed by atoms with Crippen LogP contribution in [0.4, 0.5) is 22.1 Å². The molecule has 5 atom stereocenters. The monoisotopic (exact) mass is 2000 g/mol. The Balaban J connectivity index is 0.000000130. The maximum Gasteiger partial charge on any atom is 0.323 e. The number of aromatic nitrogens is 5. The predicted molar refractivity (Wildman–Crippen MR) is 542 cm³/mol. The van der Waals surface area contributed by atoms with E-state index < -0.39 is 69.3 Å². The number of ether oxygens (including phenoxy) is 5. The number of piperidine rings is 1. The summed E-state index contributed by atoms with van der Waals surface area (Å²) in [5.41, 5.74) is 12.7. The molecular weight excluding hydrogens is 1900 g/mol. The minimum absolute atomic E-state index is 0.00279. The number of benzene rings is 6. The van der Waals surface area contributed by atoms with Crippen molar-refractivity contribution in [3.05, 3.63) is 302 Å². The van der Waals surface area contributed by atoms with Crippen molar-refractivity contribution in [3.8, 4) is 76.1 Å². The standard InChI is InChI=1S/C31H26N4O4.C30H29N7O4.C27H26N4O7.C24H23N3O4/c1-39-23-11-10-22-18-35(29(37)24(22)16-23)19-31(17-27(36)34-30(31)38)13-12-20-6-8-21(9-7-20)28(25-4-2-14-32-25)26-5-3-15-33-26;1-41-24-6-5-21-18-36(27(38)25(21)15-24)19-30(28(39)34-29(40)35-30)11-8-20-4-7-26(33-16-20)37(22-9-13-31-14-10-22)23-3-2-12-32-17-23;1-37-18-5-3-16-13-30(25(35)19(16)11-18)15-27(12-23(33)29-26(27)36)10-9-20-21(38-2)6-7-22(28-20)31-17(14-32)4-8-24(31)34;1-31-19-7-6-18-14-27(22(29)20(18)12-19)15-24(13-21(28)26-23(24)30)10-8-16-2-4-17(5-3-16)9-11-25/h2-11,14-16,28,32-33H,17-19H2,1H3,(H,34,36,38);2-7,12,15-17,22,31H,9-10,13-14,18-19H2,1H3,(H2,34,35,39,40);3,5-7,11,17,32H,4,8,12-15H2,1-2H3,(H,29,33,36);2-7,12H,9,11,13-15,25H2,1H3,(H,26,28,30)/t31-;30-;17-,27-;24-/m1111/s1. The average Bonchev–Trinajstić information content (AvgIpc) is 1.63. The minimum Gasteiger partial charge on any atom is -0.497 e. The summed E-state index contributed by atoms with van der Waals surface area (Å²) in [6.07, 6.45) is 12.2. The van der Waals surface area contributed by atoms with Gasteiger partial charge in [0.2, 0.25) is 46.9 Å². The molecule has 0 aliphatic carbocycles. The number of aromatic amines is 2. The first-order valence-electron chi connectivity index (χ1n) is 48.3. The molecule has 0 radical (unpaired) electrons. The lowest BCUT2D eigenvalue weighted by Crippen LogP contribution is -2.54. The summed E-state index contributed by atoms with van der Waals surface area (Å²) in [7, 11) is 7.58. The summed E-state index contributed by atoms with van der Waals surface area (Å²) in [5, 5.41) is 25.0. The van der Waals surface area contributed by atoms with E-state index in [0.717, 1.165) is 94.2 Å². The molecule has 15 heterocycles. The number of aliphatic hydroxyl groups is 1. The van der Waals surface area contributed by atoms with Gasteiger partial charge in [-0.25, -0.2) is 14.8 Å². The quantitative estimate of drug-likeness (QED) is 0.0169. The van der Waals surface area contributed by atoms with Crippen LogP contribution in [0.25, 0.3) is 0 Å². The molecule has 5 aromatic heterocycles. The fourth-order valence-electron chi connectivity index (χ4n) is 19.9. The van der Waals surface area contributed by atoms with Crippen molar-refractivity contribution in [3.63, 3.8) is 0 Å². The van der Waals surface area contributed by atoms with E-state index in [4.69, 9.17) is 34.4 Å². The summed E-state index contributed by atoms with van der Waals surface area (Å²) in [6.45, 7) is 3.33. The number of aliphatic hydroxyl groups excluding tert-OH is 1. The van der Waals surface area contributed by atoms with Crippen molar-refractivity contribution in [2.75, 3.05) is 97.8 Å². The molecule has 37 nitrogen and oxygen atoms in total. The lowest BCUT2D eigenvalue weighted by Gasteiger charge is -2.35. The van der Waals surface area contributed by atoms with E-state index in [1.54, 1.807) is 103 Å². The molecular formula is C112H104N18O19. The number of pyridine rings is 3. The Labute approximate surface area is 856 Å². The minimum atomic E-state index is -1.60. The fraction of sp³-hybridized carbons (Fsp3) is 0.286. The molecule has 0 unspecified atom stereocenters. The highest BCUT2D eigenvalue weighted by Crippen LogP contribution is 2.41. The first-order chi connectivity index (χ1) is 72.1. The number of fused-ring (bicyclic) bond motifs is 4. The van der Waals surface area contributed by atoms with Gasteiger partial charge in [0.25, 0.3) is 29.5 Å². The zero-order chi connectivity index (χ0) is 104. The Bertz CT molecular complexity index is 7380. The lowest BCUT2D eigenvalue weighted by atomic mass is 9.85. The molecule has 6 fully saturated rings. The molecule has 37 heteroatoms. The molecule has 0 spiro atoms. The van der Waals surface area contributed by atoms with Gasteiger partial charge in [0.1, 0.15) is 50.9 Å². The van der Waals surface area contributed by atoms with Crippen molar-refractivity contribution in [2.45, 2.75) is 101 Å². The summed E-state index contributed by atoms with van der Waals surface area (Å²) in [4.78, 5) is 195. The largest absolute Gasteiger partial charge is 0.497 e. The first kappa shape index (κ1) is 101. The van der Waals surface area contributed by atoms with Crippen molar-refractivity contribution in [1.29, 1.82) is 0 Å². The SMILES string of the molecule is COc1ccc2c(c1)C(=O)N(C[C@@]1(C#Cc3ccc(C(c4ccc[nH]4)c4ccc[nH]4)cc3)CC(=O)NC1=O)C2.COc1ccc2c(c1)C(=O)N(C[C@@]1(C#Cc3ccc(CCN)cc3)CC(=O)NC1=O)C2.COc1ccc2c(c1)C(=O)N(C[C@@]1(C#Cc3ccc(N(c4cccnc4)C4CCNCC4)nc3)NC(=O)NC1=O)C2.COc1ccc2c(c1)C(=O)N(C[C@@]1(C#Cc3nc(N4C(=O)CC[C@@H]4CO)ccc3OC)CC(=O)NC1=O)C2. The number of rotatable bonds is 23. The number of imide groups is 4. The topological polar surface area (TPSA) is 476 Å². The Hall–Kier alpha value is -18.0. The van der Waals surface area contributed by atoms with Crippen LogP contribution in [0.5, 0.6) is 28.7 Å². The number of hydrogen-bond donors (Lipinski definition) is 10. The van der Waals surface area contributed by atoms with Crippen LogP contribution in [0, 0.1) is 63.6 Å². The number of amides is 14. The number of nitrogens with zero attached hydrogens (tertiary/aromatic N) is 9. The number of nitrogens with one attached hydrogen (secondary N) is 8. The summed E-state index contributed by atoms with van der Waals surface area (Å²) < 4.78 is 26.3. The van der Waals surface area contributed by atoms with Gasteiger partial charge in [0.05, 0.1) is 91.8 Å². The van der Waals surface area contributed by atoms with Crippen molar-refractivity contribution in [1.82, 2.24) is 76.4 Å². The smallest absolute Gasteiger partial charge is 0.323 e. The molecule has 149 heavy (non-hydrogen) atoms. The van der Waals surface area contributed by atoms with E-state index >= 15 is 0 Å². The van der Waals surface area contributed by atoms with Crippen molar-refractivity contribution >= 4 is 94.2 Å². The summed E-state index contributed by atoms with van der Waals surface area (Å²) in [6, 6.07) is 54.7. The molecule has 11 N–H and O–H groups in total. The Morgan fingerprint density at radius 3 is 1.34 bits per heavy atom. The Kier molecular flexibility index (Phi) is 29.5. The molecule has 11 aromatic rings. The number of urea groups is 1. The highest BCUT2D eigenvalue weighted by Gasteiger charge is 2.54. The predicted octanol–water partition coefficient (Wildman–Crippen LogP) is 7.40. The van der Waals surface area contributed by atoms with Gasteiger partial charge in [0.15, 0.2) is 11.4 Å². The van der Waals surface area contributed by atoms with Crippen molar-refractivity contribution < 1.29 is 91.1 Å². The Morgan fingerprint density at radius 2 is 0.940 bits per heavy atom. The first-order valence-corrected chi connectivity index (χ1v) is 48.3. The van der Waals surface area contributed by atoms with Crippen LogP contribution in [-0.4, -0.2) is 232 Å². The Morgan fingerprint density at radius 1 is 0.477 bits per heavy atom. The number of carbonyl (C=O) groups excluding carboxylic acids is 13. The van der Waals surface area contributed by atoms with E-state index in [1.807, 2.05) is 134 Å².